The molecule has 4 rings (SSSR count). The summed E-state index contributed by atoms with van der Waals surface area (Å²) in [6.07, 6.45) is 1.65. The van der Waals surface area contributed by atoms with E-state index in [1.807, 2.05) is 43.3 Å². The number of para-hydroxylation sites is 2. The molecule has 0 bridgehead atoms. The largest absolute Gasteiger partial charge is 0.492 e. The SMILES string of the molecule is CCOc1ccccc1NC(=O)c1ccc2c(c1)CCCN2C(=O)c1ccc(Cl)cc1. The van der Waals surface area contributed by atoms with Crippen LogP contribution in [0, 0.1) is 0 Å². The van der Waals surface area contributed by atoms with Gasteiger partial charge in [0.1, 0.15) is 5.75 Å². The molecule has 1 heterocycles. The number of anilines is 2. The van der Waals surface area contributed by atoms with Gasteiger partial charge in [-0.25, -0.2) is 0 Å². The molecule has 1 aliphatic heterocycles. The molecular weight excluding hydrogens is 412 g/mol. The van der Waals surface area contributed by atoms with E-state index in [4.69, 9.17) is 16.3 Å². The number of halogens is 1. The zero-order chi connectivity index (χ0) is 21.8. The van der Waals surface area contributed by atoms with Crippen LogP contribution in [0.5, 0.6) is 5.75 Å². The number of rotatable bonds is 5. The Morgan fingerprint density at radius 3 is 2.55 bits per heavy atom. The van der Waals surface area contributed by atoms with Crippen molar-refractivity contribution in [3.8, 4) is 5.75 Å². The quantitative estimate of drug-likeness (QED) is 0.570. The molecule has 31 heavy (non-hydrogen) atoms. The fraction of sp³-hybridized carbons (Fsp3) is 0.200. The molecule has 1 N–H and O–H groups in total. The Balaban J connectivity index is 1.56. The van der Waals surface area contributed by atoms with E-state index in [1.54, 1.807) is 35.2 Å². The van der Waals surface area contributed by atoms with Crippen LogP contribution in [0.1, 0.15) is 39.6 Å². The van der Waals surface area contributed by atoms with Crippen molar-refractivity contribution in [1.82, 2.24) is 0 Å². The molecule has 158 valence electrons. The van der Waals surface area contributed by atoms with Crippen LogP contribution in [0.3, 0.4) is 0 Å². The highest BCUT2D eigenvalue weighted by Crippen LogP contribution is 2.30. The molecule has 0 saturated heterocycles. The number of nitrogens with zero attached hydrogens (tertiary/aromatic N) is 1. The molecule has 0 saturated carbocycles. The van der Waals surface area contributed by atoms with Crippen LogP contribution >= 0.6 is 11.6 Å². The van der Waals surface area contributed by atoms with Crippen molar-refractivity contribution in [3.05, 3.63) is 88.4 Å². The van der Waals surface area contributed by atoms with Gasteiger partial charge in [0.15, 0.2) is 0 Å². The highest BCUT2D eigenvalue weighted by Gasteiger charge is 2.24. The van der Waals surface area contributed by atoms with E-state index in [2.05, 4.69) is 5.32 Å². The van der Waals surface area contributed by atoms with Gasteiger partial charge in [0, 0.05) is 28.4 Å². The van der Waals surface area contributed by atoms with Crippen LogP contribution < -0.4 is 15.0 Å². The minimum Gasteiger partial charge on any atom is -0.492 e. The van der Waals surface area contributed by atoms with Gasteiger partial charge in [-0.3, -0.25) is 9.59 Å². The van der Waals surface area contributed by atoms with Crippen molar-refractivity contribution in [2.45, 2.75) is 19.8 Å². The molecule has 0 atom stereocenters. The third-order valence-corrected chi connectivity index (χ3v) is 5.48. The molecule has 0 unspecified atom stereocenters. The van der Waals surface area contributed by atoms with Gasteiger partial charge in [0.05, 0.1) is 12.3 Å². The number of hydrogen-bond donors (Lipinski definition) is 1. The number of hydrogen-bond acceptors (Lipinski definition) is 3. The minimum absolute atomic E-state index is 0.0690. The van der Waals surface area contributed by atoms with Gasteiger partial charge < -0.3 is 15.0 Å². The molecule has 0 spiro atoms. The van der Waals surface area contributed by atoms with E-state index < -0.39 is 0 Å². The van der Waals surface area contributed by atoms with Gasteiger partial charge in [-0.2, -0.15) is 0 Å². The summed E-state index contributed by atoms with van der Waals surface area (Å²) in [5, 5.41) is 3.52. The zero-order valence-electron chi connectivity index (χ0n) is 17.2. The van der Waals surface area contributed by atoms with Gasteiger partial charge in [-0.05, 0) is 79.9 Å². The van der Waals surface area contributed by atoms with Crippen molar-refractivity contribution in [2.75, 3.05) is 23.4 Å². The van der Waals surface area contributed by atoms with E-state index in [1.165, 1.54) is 0 Å². The van der Waals surface area contributed by atoms with Crippen molar-refractivity contribution in [3.63, 3.8) is 0 Å². The predicted octanol–water partition coefficient (Wildman–Crippen LogP) is 5.58. The third kappa shape index (κ3) is 4.57. The van der Waals surface area contributed by atoms with Crippen LogP contribution in [-0.4, -0.2) is 25.0 Å². The van der Waals surface area contributed by atoms with E-state index >= 15 is 0 Å². The van der Waals surface area contributed by atoms with E-state index in [0.717, 1.165) is 24.1 Å². The Labute approximate surface area is 186 Å². The zero-order valence-corrected chi connectivity index (χ0v) is 18.0. The summed E-state index contributed by atoms with van der Waals surface area (Å²) < 4.78 is 5.59. The average molecular weight is 435 g/mol. The monoisotopic (exact) mass is 434 g/mol. The first-order valence-corrected chi connectivity index (χ1v) is 10.7. The van der Waals surface area contributed by atoms with E-state index in [0.29, 0.717) is 40.7 Å². The molecule has 1 aliphatic rings. The van der Waals surface area contributed by atoms with Gasteiger partial charge >= 0.3 is 0 Å². The lowest BCUT2D eigenvalue weighted by atomic mass is 9.98. The lowest BCUT2D eigenvalue weighted by Crippen LogP contribution is -2.35. The first-order chi connectivity index (χ1) is 15.1. The lowest BCUT2D eigenvalue weighted by molar-refractivity contribution is 0.0984. The Hall–Kier alpha value is -3.31. The molecule has 0 radical (unpaired) electrons. The van der Waals surface area contributed by atoms with Crippen LogP contribution in [0.25, 0.3) is 0 Å². The fourth-order valence-corrected chi connectivity index (χ4v) is 3.87. The fourth-order valence-electron chi connectivity index (χ4n) is 3.74. The first-order valence-electron chi connectivity index (χ1n) is 10.3. The standard InChI is InChI=1S/C25H23ClN2O3/c1-2-31-23-8-4-3-7-21(23)27-24(29)19-11-14-22-18(16-19)6-5-15-28(22)25(30)17-9-12-20(26)13-10-17/h3-4,7-14,16H,2,5-6,15H2,1H3,(H,27,29). The summed E-state index contributed by atoms with van der Waals surface area (Å²) in [6.45, 7) is 3.06. The van der Waals surface area contributed by atoms with Gasteiger partial charge in [0.25, 0.3) is 11.8 Å². The summed E-state index contributed by atoms with van der Waals surface area (Å²) >= 11 is 5.94. The molecule has 3 aromatic carbocycles. The first kappa shape index (κ1) is 20.9. The van der Waals surface area contributed by atoms with Crippen LogP contribution in [0.2, 0.25) is 5.02 Å². The summed E-state index contributed by atoms with van der Waals surface area (Å²) in [4.78, 5) is 27.7. The second-order valence-electron chi connectivity index (χ2n) is 7.29. The molecule has 6 heteroatoms. The van der Waals surface area contributed by atoms with Crippen molar-refractivity contribution in [1.29, 1.82) is 0 Å². The summed E-state index contributed by atoms with van der Waals surface area (Å²) in [7, 11) is 0. The van der Waals surface area contributed by atoms with Gasteiger partial charge in [-0.15, -0.1) is 0 Å². The minimum atomic E-state index is -0.212. The number of aryl methyl sites for hydroxylation is 1. The number of nitrogens with one attached hydrogen (secondary N) is 1. The predicted molar refractivity (Wildman–Crippen MR) is 123 cm³/mol. The Morgan fingerprint density at radius 2 is 1.77 bits per heavy atom. The van der Waals surface area contributed by atoms with Crippen LogP contribution in [0.15, 0.2) is 66.7 Å². The number of carbonyl (C=O) groups is 2. The van der Waals surface area contributed by atoms with Crippen molar-refractivity contribution >= 4 is 34.8 Å². The number of amides is 2. The maximum atomic E-state index is 13.0. The van der Waals surface area contributed by atoms with Crippen molar-refractivity contribution < 1.29 is 14.3 Å². The van der Waals surface area contributed by atoms with Crippen LogP contribution in [-0.2, 0) is 6.42 Å². The summed E-state index contributed by atoms with van der Waals surface area (Å²) in [5.74, 6) is 0.354. The molecule has 5 nitrogen and oxygen atoms in total. The number of ether oxygens (including phenoxy) is 1. The highest BCUT2D eigenvalue weighted by molar-refractivity contribution is 6.30. The Kier molecular flexibility index (Phi) is 6.23. The number of carbonyl (C=O) groups excluding carboxylic acids is 2. The van der Waals surface area contributed by atoms with E-state index in [9.17, 15) is 9.59 Å². The Morgan fingerprint density at radius 1 is 1.03 bits per heavy atom. The molecule has 0 aliphatic carbocycles. The summed E-state index contributed by atoms with van der Waals surface area (Å²) in [5.41, 5.74) is 3.60. The molecule has 3 aromatic rings. The third-order valence-electron chi connectivity index (χ3n) is 5.23. The average Bonchev–Trinajstić information content (AvgIpc) is 2.80. The Bertz CT molecular complexity index is 1110. The maximum absolute atomic E-state index is 13.0. The van der Waals surface area contributed by atoms with Gasteiger partial charge in [-0.1, -0.05) is 23.7 Å². The van der Waals surface area contributed by atoms with Gasteiger partial charge in [0.2, 0.25) is 0 Å². The van der Waals surface area contributed by atoms with E-state index in [-0.39, 0.29) is 11.8 Å². The highest BCUT2D eigenvalue weighted by atomic mass is 35.5. The summed E-state index contributed by atoms with van der Waals surface area (Å²) in [6, 6.07) is 19.7. The second-order valence-corrected chi connectivity index (χ2v) is 7.73. The number of benzene rings is 3. The number of fused-ring (bicyclic) bond motifs is 1. The molecule has 2 amide bonds. The van der Waals surface area contributed by atoms with Crippen LogP contribution in [0.4, 0.5) is 11.4 Å². The molecule has 0 aromatic heterocycles. The lowest BCUT2D eigenvalue weighted by Gasteiger charge is -2.30. The smallest absolute Gasteiger partial charge is 0.258 e. The molecular formula is C25H23ClN2O3. The topological polar surface area (TPSA) is 58.6 Å². The second kappa shape index (κ2) is 9.23. The molecule has 0 fully saturated rings. The normalized spacial score (nSPS) is 12.8. The van der Waals surface area contributed by atoms with Crippen molar-refractivity contribution in [2.24, 2.45) is 0 Å². The maximum Gasteiger partial charge on any atom is 0.258 e.